The lowest BCUT2D eigenvalue weighted by Crippen LogP contribution is -2.36. The van der Waals surface area contributed by atoms with Crippen molar-refractivity contribution in [3.8, 4) is 0 Å². The summed E-state index contributed by atoms with van der Waals surface area (Å²) in [4.78, 5) is 0. The predicted octanol–water partition coefficient (Wildman–Crippen LogP) is 2.58. The Morgan fingerprint density at radius 3 is 2.85 bits per heavy atom. The smallest absolute Gasteiger partial charge is 0.199 e. The Kier molecular flexibility index (Phi) is 3.97. The standard InChI is InChI=1S/C12H16N/c1-3-5-7-10-13-11-8-6-9-12(13)4-2/h3-4,6,8-9,11H,1-2,5,7,10H2/q+1. The largest absolute Gasteiger partial charge is 0.204 e. The zero-order chi connectivity index (χ0) is 9.52. The fourth-order valence-electron chi connectivity index (χ4n) is 1.28. The van der Waals surface area contributed by atoms with Crippen molar-refractivity contribution in [3.63, 3.8) is 0 Å². The summed E-state index contributed by atoms with van der Waals surface area (Å²) in [5.74, 6) is 0. The molecule has 0 spiro atoms. The summed E-state index contributed by atoms with van der Waals surface area (Å²) in [5, 5.41) is 0. The van der Waals surface area contributed by atoms with E-state index in [1.54, 1.807) is 0 Å². The van der Waals surface area contributed by atoms with Gasteiger partial charge in [0.25, 0.3) is 0 Å². The van der Waals surface area contributed by atoms with Crippen LogP contribution < -0.4 is 4.57 Å². The molecule has 68 valence electrons. The monoisotopic (exact) mass is 174 g/mol. The molecule has 0 unspecified atom stereocenters. The topological polar surface area (TPSA) is 3.88 Å². The molecule has 0 aromatic carbocycles. The van der Waals surface area contributed by atoms with Crippen molar-refractivity contribution in [2.24, 2.45) is 0 Å². The Morgan fingerprint density at radius 2 is 2.15 bits per heavy atom. The van der Waals surface area contributed by atoms with Gasteiger partial charge in [-0.3, -0.25) is 0 Å². The summed E-state index contributed by atoms with van der Waals surface area (Å²) in [5.41, 5.74) is 1.17. The number of aryl methyl sites for hydroxylation is 1. The summed E-state index contributed by atoms with van der Waals surface area (Å²) in [7, 11) is 0. The Morgan fingerprint density at radius 1 is 1.31 bits per heavy atom. The average molecular weight is 174 g/mol. The molecule has 1 heterocycles. The van der Waals surface area contributed by atoms with Gasteiger partial charge in [-0.2, -0.15) is 4.57 Å². The number of rotatable bonds is 5. The van der Waals surface area contributed by atoms with Crippen LogP contribution in [-0.4, -0.2) is 0 Å². The summed E-state index contributed by atoms with van der Waals surface area (Å²) < 4.78 is 2.20. The number of aromatic nitrogens is 1. The van der Waals surface area contributed by atoms with E-state index < -0.39 is 0 Å². The van der Waals surface area contributed by atoms with Crippen molar-refractivity contribution in [3.05, 3.63) is 49.3 Å². The zero-order valence-corrected chi connectivity index (χ0v) is 7.95. The molecule has 0 fully saturated rings. The van der Waals surface area contributed by atoms with Gasteiger partial charge in [0.2, 0.25) is 5.69 Å². The highest BCUT2D eigenvalue weighted by molar-refractivity contribution is 5.36. The predicted molar refractivity (Wildman–Crippen MR) is 56.2 cm³/mol. The van der Waals surface area contributed by atoms with Crippen molar-refractivity contribution in [2.75, 3.05) is 0 Å². The molecule has 1 nitrogen and oxygen atoms in total. The maximum atomic E-state index is 3.78. The van der Waals surface area contributed by atoms with E-state index in [0.717, 1.165) is 19.4 Å². The van der Waals surface area contributed by atoms with Gasteiger partial charge in [-0.25, -0.2) is 0 Å². The normalized spacial score (nSPS) is 9.54. The molecule has 1 heteroatoms. The molecule has 1 aromatic rings. The molecule has 0 bridgehead atoms. The minimum atomic E-state index is 1.04. The molecule has 0 amide bonds. The van der Waals surface area contributed by atoms with E-state index in [2.05, 4.69) is 30.0 Å². The van der Waals surface area contributed by atoms with E-state index in [9.17, 15) is 0 Å². The van der Waals surface area contributed by atoms with Gasteiger partial charge < -0.3 is 0 Å². The first-order valence-corrected chi connectivity index (χ1v) is 4.60. The third kappa shape index (κ3) is 2.86. The minimum absolute atomic E-state index is 1.04. The SMILES string of the molecule is C=CCCC[n+]1ccccc1C=C. The first kappa shape index (κ1) is 9.72. The molecule has 0 saturated carbocycles. The first-order chi connectivity index (χ1) is 6.38. The Bertz CT molecular complexity index is 289. The maximum Gasteiger partial charge on any atom is 0.204 e. The second kappa shape index (κ2) is 5.31. The molecule has 0 saturated heterocycles. The Hall–Kier alpha value is -1.37. The average Bonchev–Trinajstić information content (AvgIpc) is 2.19. The second-order valence-electron chi connectivity index (χ2n) is 2.95. The molecule has 13 heavy (non-hydrogen) atoms. The lowest BCUT2D eigenvalue weighted by atomic mass is 10.2. The molecule has 0 aliphatic rings. The van der Waals surface area contributed by atoms with Crippen molar-refractivity contribution in [1.82, 2.24) is 0 Å². The first-order valence-electron chi connectivity index (χ1n) is 4.60. The summed E-state index contributed by atoms with van der Waals surface area (Å²) in [6.07, 6.45) is 8.13. The molecule has 1 rings (SSSR count). The molecular weight excluding hydrogens is 158 g/mol. The molecule has 1 aromatic heterocycles. The lowest BCUT2D eigenvalue weighted by molar-refractivity contribution is -0.698. The van der Waals surface area contributed by atoms with Crippen LogP contribution in [0.3, 0.4) is 0 Å². The van der Waals surface area contributed by atoms with Gasteiger partial charge in [0.15, 0.2) is 6.20 Å². The lowest BCUT2D eigenvalue weighted by Gasteiger charge is -1.98. The van der Waals surface area contributed by atoms with E-state index in [1.807, 2.05) is 24.3 Å². The molecule has 0 atom stereocenters. The number of hydrogen-bond acceptors (Lipinski definition) is 0. The van der Waals surface area contributed by atoms with Crippen LogP contribution in [0.5, 0.6) is 0 Å². The van der Waals surface area contributed by atoms with Crippen LogP contribution in [0.1, 0.15) is 18.5 Å². The van der Waals surface area contributed by atoms with E-state index in [1.165, 1.54) is 5.69 Å². The molecule has 0 aliphatic carbocycles. The number of allylic oxidation sites excluding steroid dienone is 1. The quantitative estimate of drug-likeness (QED) is 0.367. The van der Waals surface area contributed by atoms with Crippen LogP contribution in [0.4, 0.5) is 0 Å². The maximum absolute atomic E-state index is 3.78. The van der Waals surface area contributed by atoms with Crippen molar-refractivity contribution >= 4 is 6.08 Å². The number of hydrogen-bond donors (Lipinski definition) is 0. The van der Waals surface area contributed by atoms with Crippen LogP contribution in [0.25, 0.3) is 6.08 Å². The molecule has 0 N–H and O–H groups in total. The second-order valence-corrected chi connectivity index (χ2v) is 2.95. The van der Waals surface area contributed by atoms with E-state index in [-0.39, 0.29) is 0 Å². The number of pyridine rings is 1. The Labute approximate surface area is 80.0 Å². The molecule has 0 radical (unpaired) electrons. The highest BCUT2D eigenvalue weighted by Crippen LogP contribution is 1.95. The van der Waals surface area contributed by atoms with Crippen LogP contribution in [0, 0.1) is 0 Å². The van der Waals surface area contributed by atoms with E-state index in [0.29, 0.717) is 0 Å². The van der Waals surface area contributed by atoms with Gasteiger partial charge in [-0.05, 0) is 12.5 Å². The van der Waals surface area contributed by atoms with Gasteiger partial charge >= 0.3 is 0 Å². The van der Waals surface area contributed by atoms with E-state index in [4.69, 9.17) is 0 Å². The van der Waals surface area contributed by atoms with Gasteiger partial charge in [0, 0.05) is 24.6 Å². The third-order valence-corrected chi connectivity index (χ3v) is 1.99. The van der Waals surface area contributed by atoms with Crippen molar-refractivity contribution in [1.29, 1.82) is 0 Å². The van der Waals surface area contributed by atoms with Crippen LogP contribution in [-0.2, 0) is 6.54 Å². The third-order valence-electron chi connectivity index (χ3n) is 1.99. The van der Waals surface area contributed by atoms with Crippen LogP contribution in [0.2, 0.25) is 0 Å². The summed E-state index contributed by atoms with van der Waals surface area (Å²) >= 11 is 0. The minimum Gasteiger partial charge on any atom is -0.199 e. The van der Waals surface area contributed by atoms with Gasteiger partial charge in [0.05, 0.1) is 0 Å². The highest BCUT2D eigenvalue weighted by atomic mass is 14.9. The van der Waals surface area contributed by atoms with Gasteiger partial charge in [-0.15, -0.1) is 6.58 Å². The molecular formula is C12H16N+. The van der Waals surface area contributed by atoms with Crippen LogP contribution >= 0.6 is 0 Å². The zero-order valence-electron chi connectivity index (χ0n) is 7.95. The van der Waals surface area contributed by atoms with Crippen LogP contribution in [0.15, 0.2) is 43.6 Å². The molecule has 0 aliphatic heterocycles. The van der Waals surface area contributed by atoms with E-state index >= 15 is 0 Å². The summed E-state index contributed by atoms with van der Waals surface area (Å²) in [6.45, 7) is 8.52. The number of unbranched alkanes of at least 4 members (excludes halogenated alkanes) is 1. The Balaban J connectivity index is 2.63. The van der Waals surface area contributed by atoms with Crippen molar-refractivity contribution < 1.29 is 4.57 Å². The van der Waals surface area contributed by atoms with Crippen molar-refractivity contribution in [2.45, 2.75) is 19.4 Å². The number of nitrogens with zero attached hydrogens (tertiary/aromatic N) is 1. The van der Waals surface area contributed by atoms with Gasteiger partial charge in [0.1, 0.15) is 6.54 Å². The summed E-state index contributed by atoms with van der Waals surface area (Å²) in [6, 6.07) is 6.14. The highest BCUT2D eigenvalue weighted by Gasteiger charge is 2.03. The van der Waals surface area contributed by atoms with Gasteiger partial charge in [-0.1, -0.05) is 12.7 Å². The fraction of sp³-hybridized carbons (Fsp3) is 0.250. The fourth-order valence-corrected chi connectivity index (χ4v) is 1.28.